The number of rotatable bonds is 5. The first-order chi connectivity index (χ1) is 13.1. The van der Waals surface area contributed by atoms with Crippen LogP contribution in [0.25, 0.3) is 22.8 Å². The van der Waals surface area contributed by atoms with Crippen molar-refractivity contribution < 1.29 is 4.52 Å². The first-order valence-electron chi connectivity index (χ1n) is 8.28. The lowest BCUT2D eigenvalue weighted by molar-refractivity contribution is 0.391. The van der Waals surface area contributed by atoms with E-state index in [0.717, 1.165) is 26.6 Å². The van der Waals surface area contributed by atoms with Gasteiger partial charge in [0.1, 0.15) is 0 Å². The summed E-state index contributed by atoms with van der Waals surface area (Å²) in [6.07, 6.45) is 0. The van der Waals surface area contributed by atoms with Crippen LogP contribution in [0.5, 0.6) is 0 Å². The maximum atomic E-state index is 5.38. The number of hydrogen-bond acceptors (Lipinski definition) is 6. The van der Waals surface area contributed by atoms with E-state index in [1.165, 1.54) is 17.3 Å². The van der Waals surface area contributed by atoms with Gasteiger partial charge in [0.25, 0.3) is 0 Å². The Kier molecular flexibility index (Phi) is 5.09. The first-order valence-corrected chi connectivity index (χ1v) is 10.1. The van der Waals surface area contributed by atoms with Crippen LogP contribution in [0.15, 0.2) is 62.7 Å². The number of nitrogens with zero attached hydrogens (tertiary/aromatic N) is 5. The third kappa shape index (κ3) is 3.81. The van der Waals surface area contributed by atoms with Gasteiger partial charge >= 0.3 is 0 Å². The van der Waals surface area contributed by atoms with Crippen molar-refractivity contribution in [1.29, 1.82) is 0 Å². The van der Waals surface area contributed by atoms with Crippen molar-refractivity contribution in [1.82, 2.24) is 24.9 Å². The van der Waals surface area contributed by atoms with Crippen LogP contribution < -0.4 is 0 Å². The van der Waals surface area contributed by atoms with E-state index in [4.69, 9.17) is 4.52 Å². The molecule has 4 rings (SSSR count). The maximum absolute atomic E-state index is 5.38. The molecule has 0 unspecified atom stereocenters. The highest BCUT2D eigenvalue weighted by atomic mass is 79.9. The molecule has 0 aliphatic heterocycles. The quantitative estimate of drug-likeness (QED) is 0.410. The molecule has 8 heteroatoms. The number of aryl methyl sites for hydroxylation is 1. The highest BCUT2D eigenvalue weighted by Crippen LogP contribution is 2.27. The van der Waals surface area contributed by atoms with Crippen LogP contribution in [0.1, 0.15) is 11.5 Å². The third-order valence-corrected chi connectivity index (χ3v) is 5.59. The molecule has 0 bridgehead atoms. The van der Waals surface area contributed by atoms with Gasteiger partial charge in [-0.3, -0.25) is 0 Å². The minimum absolute atomic E-state index is 0.529. The normalized spacial score (nSPS) is 11.1. The molecule has 0 atom stereocenters. The van der Waals surface area contributed by atoms with Crippen molar-refractivity contribution in [2.45, 2.75) is 17.8 Å². The van der Waals surface area contributed by atoms with Gasteiger partial charge in [0.05, 0.1) is 5.75 Å². The predicted octanol–water partition coefficient (Wildman–Crippen LogP) is 4.90. The van der Waals surface area contributed by atoms with Gasteiger partial charge in [-0.05, 0) is 24.6 Å². The van der Waals surface area contributed by atoms with Crippen LogP contribution in [-0.2, 0) is 12.8 Å². The van der Waals surface area contributed by atoms with Crippen LogP contribution in [0, 0.1) is 6.92 Å². The molecule has 27 heavy (non-hydrogen) atoms. The average molecular weight is 442 g/mol. The first kappa shape index (κ1) is 17.9. The molecule has 0 radical (unpaired) electrons. The fourth-order valence-corrected chi connectivity index (χ4v) is 3.83. The lowest BCUT2D eigenvalue weighted by atomic mass is 10.1. The molecule has 2 aromatic carbocycles. The standard InChI is InChI=1S/C19H16BrN5OS/c1-12-6-3-4-9-15(12)18-22-23-19(25(18)2)27-11-16-21-17(24-26-16)13-7-5-8-14(20)10-13/h3-10H,11H2,1-2H3. The summed E-state index contributed by atoms with van der Waals surface area (Å²) in [6, 6.07) is 15.9. The Morgan fingerprint density at radius 1 is 1.11 bits per heavy atom. The Bertz CT molecular complexity index is 1090. The summed E-state index contributed by atoms with van der Waals surface area (Å²) in [4.78, 5) is 4.47. The molecule has 2 aromatic heterocycles. The predicted molar refractivity (Wildman–Crippen MR) is 108 cm³/mol. The van der Waals surface area contributed by atoms with E-state index in [-0.39, 0.29) is 0 Å². The number of hydrogen-bond donors (Lipinski definition) is 0. The molecule has 6 nitrogen and oxygen atoms in total. The highest BCUT2D eigenvalue weighted by molar-refractivity contribution is 9.10. The maximum Gasteiger partial charge on any atom is 0.237 e. The number of benzene rings is 2. The highest BCUT2D eigenvalue weighted by Gasteiger charge is 2.15. The lowest BCUT2D eigenvalue weighted by Crippen LogP contribution is -1.96. The third-order valence-electron chi connectivity index (χ3n) is 4.10. The molecule has 0 saturated heterocycles. The smallest absolute Gasteiger partial charge is 0.237 e. The van der Waals surface area contributed by atoms with E-state index in [2.05, 4.69) is 55.3 Å². The summed E-state index contributed by atoms with van der Waals surface area (Å²) in [5.41, 5.74) is 3.15. The van der Waals surface area contributed by atoms with Gasteiger partial charge in [0.2, 0.25) is 11.7 Å². The van der Waals surface area contributed by atoms with E-state index in [1.807, 2.05) is 48.0 Å². The fourth-order valence-electron chi connectivity index (χ4n) is 2.68. The molecule has 0 spiro atoms. The topological polar surface area (TPSA) is 69.6 Å². The minimum atomic E-state index is 0.529. The van der Waals surface area contributed by atoms with E-state index in [1.54, 1.807) is 0 Å². The van der Waals surface area contributed by atoms with Gasteiger partial charge in [0, 0.05) is 22.6 Å². The van der Waals surface area contributed by atoms with Crippen LogP contribution in [0.4, 0.5) is 0 Å². The van der Waals surface area contributed by atoms with Crippen molar-refractivity contribution in [3.8, 4) is 22.8 Å². The monoisotopic (exact) mass is 441 g/mol. The molecule has 0 N–H and O–H groups in total. The van der Waals surface area contributed by atoms with Gasteiger partial charge in [-0.1, -0.05) is 69.2 Å². The van der Waals surface area contributed by atoms with E-state index in [9.17, 15) is 0 Å². The Morgan fingerprint density at radius 2 is 1.96 bits per heavy atom. The lowest BCUT2D eigenvalue weighted by Gasteiger charge is -2.05. The van der Waals surface area contributed by atoms with Crippen molar-refractivity contribution in [3.05, 3.63) is 64.5 Å². The van der Waals surface area contributed by atoms with Gasteiger partial charge in [-0.2, -0.15) is 4.98 Å². The molecule has 0 fully saturated rings. The van der Waals surface area contributed by atoms with Gasteiger partial charge in [0.15, 0.2) is 11.0 Å². The SMILES string of the molecule is Cc1ccccc1-c1nnc(SCc2nc(-c3cccc(Br)c3)no2)n1C. The van der Waals surface area contributed by atoms with Crippen molar-refractivity contribution >= 4 is 27.7 Å². The Morgan fingerprint density at radius 3 is 2.78 bits per heavy atom. The summed E-state index contributed by atoms with van der Waals surface area (Å²) in [5, 5.41) is 13.5. The Balaban J connectivity index is 1.50. The van der Waals surface area contributed by atoms with Gasteiger partial charge < -0.3 is 9.09 Å². The second-order valence-corrected chi connectivity index (χ2v) is 7.85. The van der Waals surface area contributed by atoms with Gasteiger partial charge in [-0.25, -0.2) is 0 Å². The van der Waals surface area contributed by atoms with E-state index in [0.29, 0.717) is 17.5 Å². The molecule has 0 aliphatic rings. The Labute approximate surface area is 169 Å². The molecule has 0 amide bonds. The largest absolute Gasteiger partial charge is 0.338 e. The zero-order valence-corrected chi connectivity index (χ0v) is 17.2. The summed E-state index contributed by atoms with van der Waals surface area (Å²) < 4.78 is 8.34. The zero-order valence-electron chi connectivity index (χ0n) is 14.8. The molecule has 0 aliphatic carbocycles. The number of halogens is 1. The summed E-state index contributed by atoms with van der Waals surface area (Å²) in [5.74, 6) is 2.50. The summed E-state index contributed by atoms with van der Waals surface area (Å²) in [7, 11) is 1.96. The van der Waals surface area contributed by atoms with Crippen LogP contribution in [0.2, 0.25) is 0 Å². The molecule has 4 aromatic rings. The number of thioether (sulfide) groups is 1. The molecule has 136 valence electrons. The molecule has 2 heterocycles. The zero-order chi connectivity index (χ0) is 18.8. The van der Waals surface area contributed by atoms with E-state index >= 15 is 0 Å². The fraction of sp³-hybridized carbons (Fsp3) is 0.158. The van der Waals surface area contributed by atoms with Crippen molar-refractivity contribution in [2.75, 3.05) is 0 Å². The van der Waals surface area contributed by atoms with E-state index < -0.39 is 0 Å². The van der Waals surface area contributed by atoms with Crippen LogP contribution in [0.3, 0.4) is 0 Å². The summed E-state index contributed by atoms with van der Waals surface area (Å²) >= 11 is 4.97. The van der Waals surface area contributed by atoms with Crippen molar-refractivity contribution in [2.24, 2.45) is 7.05 Å². The molecule has 0 saturated carbocycles. The second kappa shape index (κ2) is 7.66. The van der Waals surface area contributed by atoms with Crippen LogP contribution in [-0.4, -0.2) is 24.9 Å². The minimum Gasteiger partial charge on any atom is -0.338 e. The van der Waals surface area contributed by atoms with Crippen LogP contribution >= 0.6 is 27.7 Å². The number of aromatic nitrogens is 5. The van der Waals surface area contributed by atoms with Crippen molar-refractivity contribution in [3.63, 3.8) is 0 Å². The second-order valence-electron chi connectivity index (χ2n) is 5.99. The average Bonchev–Trinajstić information content (AvgIpc) is 3.28. The summed E-state index contributed by atoms with van der Waals surface area (Å²) in [6.45, 7) is 2.07. The van der Waals surface area contributed by atoms with Gasteiger partial charge in [-0.15, -0.1) is 10.2 Å². The molecular weight excluding hydrogens is 426 g/mol. The Hall–Kier alpha value is -2.45. The molecular formula is C19H16BrN5OS.